The third-order valence-electron chi connectivity index (χ3n) is 7.62. The molecule has 8 aromatic rings. The maximum atomic E-state index is 10.1. The van der Waals surface area contributed by atoms with Gasteiger partial charge in [0.1, 0.15) is 47.9 Å². The molecule has 0 saturated heterocycles. The fourth-order valence-electron chi connectivity index (χ4n) is 4.57. The summed E-state index contributed by atoms with van der Waals surface area (Å²) in [7, 11) is 8.94. The van der Waals surface area contributed by atoms with E-state index in [0.717, 1.165) is 70.9 Å². The van der Waals surface area contributed by atoms with Crippen LogP contribution in [0.4, 0.5) is 28.6 Å². The van der Waals surface area contributed by atoms with Crippen LogP contribution in [0.25, 0.3) is 21.8 Å². The SMILES string of the molecule is CNc1cnc(OC)nc1.COc1ncc(N(C)c2ncnc3ccccc23)cn1.COc1ncc([N+](=O)[O-])cn1.C[O-].Cc1nc(Cl)c2ccccc2n1.O=[N+]([O-])c1cnc(Cl)nc1.[Na+]. The molecule has 1 N–H and O–H groups in total. The van der Waals surface area contributed by atoms with Crippen LogP contribution >= 0.6 is 23.2 Å². The van der Waals surface area contributed by atoms with Gasteiger partial charge in [-0.15, -0.1) is 0 Å². The summed E-state index contributed by atoms with van der Waals surface area (Å²) in [4.78, 5) is 67.6. The molecule has 0 aliphatic carbocycles. The molecule has 27 heteroatoms. The first-order valence-corrected chi connectivity index (χ1v) is 18.9. The topological polar surface area (TPSA) is 307 Å². The number of fused-ring (bicyclic) bond motifs is 2. The summed E-state index contributed by atoms with van der Waals surface area (Å²) in [5.41, 5.74) is 3.19. The van der Waals surface area contributed by atoms with Crippen molar-refractivity contribution in [1.29, 1.82) is 0 Å². The number of aromatic nitrogens is 12. The van der Waals surface area contributed by atoms with Gasteiger partial charge in [0.15, 0.2) is 0 Å². The van der Waals surface area contributed by atoms with Crippen molar-refractivity contribution in [3.63, 3.8) is 0 Å². The quantitative estimate of drug-likeness (QED) is 0.0752. The number of benzene rings is 2. The molecular weight excluding hydrogens is 914 g/mol. The second kappa shape index (κ2) is 29.3. The Morgan fingerprint density at radius 3 is 1.53 bits per heavy atom. The second-order valence-electron chi connectivity index (χ2n) is 11.6. The van der Waals surface area contributed by atoms with E-state index in [9.17, 15) is 20.2 Å². The van der Waals surface area contributed by atoms with Crippen LogP contribution in [0, 0.1) is 27.2 Å². The van der Waals surface area contributed by atoms with Gasteiger partial charge in [-0.1, -0.05) is 35.9 Å². The number of methoxy groups -OCH3 is 3. The van der Waals surface area contributed by atoms with Crippen molar-refractivity contribution in [3.8, 4) is 18.0 Å². The van der Waals surface area contributed by atoms with Gasteiger partial charge in [-0.2, -0.15) is 17.1 Å². The van der Waals surface area contributed by atoms with Crippen LogP contribution in [0.3, 0.4) is 0 Å². The van der Waals surface area contributed by atoms with Crippen molar-refractivity contribution < 1.29 is 58.7 Å². The molecule has 0 spiro atoms. The van der Waals surface area contributed by atoms with Crippen LogP contribution in [-0.4, -0.2) is 112 Å². The summed E-state index contributed by atoms with van der Waals surface area (Å²) in [5.74, 6) is 1.52. The number of hydrogen-bond acceptors (Lipinski definition) is 22. The number of nitro groups is 2. The zero-order valence-electron chi connectivity index (χ0n) is 36.5. The van der Waals surface area contributed by atoms with E-state index in [0.29, 0.717) is 23.0 Å². The Hall–Kier alpha value is -7.22. The monoisotopic (exact) mass is 952 g/mol. The van der Waals surface area contributed by atoms with Crippen LogP contribution < -0.4 is 59.1 Å². The zero-order chi connectivity index (χ0) is 47.7. The molecule has 24 nitrogen and oxygen atoms in total. The van der Waals surface area contributed by atoms with E-state index in [2.05, 4.69) is 69.9 Å². The maximum absolute atomic E-state index is 10.1. The van der Waals surface area contributed by atoms with Gasteiger partial charge in [-0.3, -0.25) is 20.2 Å². The summed E-state index contributed by atoms with van der Waals surface area (Å²) in [6.07, 6.45) is 12.5. The molecule has 0 unspecified atom stereocenters. The molecule has 2 aromatic carbocycles. The van der Waals surface area contributed by atoms with Crippen LogP contribution in [-0.2, 0) is 0 Å². The minimum Gasteiger partial charge on any atom is -0.857 e. The van der Waals surface area contributed by atoms with Gasteiger partial charge >= 0.3 is 59.0 Å². The zero-order valence-corrected chi connectivity index (χ0v) is 40.1. The minimum atomic E-state index is -0.587. The third kappa shape index (κ3) is 17.4. The largest absolute Gasteiger partial charge is 1.00 e. The van der Waals surface area contributed by atoms with Crippen LogP contribution in [0.5, 0.6) is 18.0 Å². The molecule has 0 atom stereocenters. The smallest absolute Gasteiger partial charge is 0.857 e. The summed E-state index contributed by atoms with van der Waals surface area (Å²) >= 11 is 11.2. The van der Waals surface area contributed by atoms with Crippen LogP contribution in [0.2, 0.25) is 10.4 Å². The number of aryl methyl sites for hydroxylation is 1. The van der Waals surface area contributed by atoms with Gasteiger partial charge in [-0.25, -0.2) is 49.8 Å². The maximum Gasteiger partial charge on any atom is 1.00 e. The number of nitrogens with zero attached hydrogens (tertiary/aromatic N) is 15. The van der Waals surface area contributed by atoms with Crippen molar-refractivity contribution in [2.24, 2.45) is 0 Å². The standard InChI is InChI=1S/C14H13N5O.C9H7ClN2.C6H9N3O.C5H5N3O3.C4H2ClN3O2.CH3O.Na/c1-19(10-7-15-14(20-2)16-8-10)13-11-5-3-4-6-12(11)17-9-18-13;1-6-11-8-5-3-2-4-7(8)9(10)12-6;1-7-5-3-8-6(10-2)9-4-5;1-11-5-6-2-4(3-7-5)8(9)10;5-4-6-1-3(2-7-4)8(9)10;1-2;/h3-9H,1-2H3;2-5H,1H3;3-4,7H,1-2H3;2-3H,1H3;1-2H;1H3;/q;;;;;-1;+1. The molecule has 0 aliphatic heterocycles. The van der Waals surface area contributed by atoms with Gasteiger partial charge in [0.25, 0.3) is 0 Å². The van der Waals surface area contributed by atoms with E-state index >= 15 is 0 Å². The molecule has 8 rings (SSSR count). The fourth-order valence-corrected chi connectivity index (χ4v) is 4.95. The molecule has 0 saturated carbocycles. The first-order chi connectivity index (χ1) is 31.4. The number of anilines is 3. The number of ether oxygens (including phenoxy) is 3. The molecule has 6 aromatic heterocycles. The number of nitrogens with one attached hydrogen (secondary N) is 1. The van der Waals surface area contributed by atoms with Crippen molar-refractivity contribution in [3.05, 3.63) is 141 Å². The van der Waals surface area contributed by atoms with E-state index in [1.807, 2.05) is 74.4 Å². The van der Waals surface area contributed by atoms with Gasteiger partial charge in [0, 0.05) is 24.9 Å². The van der Waals surface area contributed by atoms with E-state index < -0.39 is 9.85 Å². The molecule has 0 amide bonds. The molecule has 0 fully saturated rings. The Morgan fingerprint density at radius 2 is 1.05 bits per heavy atom. The van der Waals surface area contributed by atoms with Gasteiger partial charge in [0.2, 0.25) is 5.28 Å². The Kier molecular flexibility index (Phi) is 24.4. The van der Waals surface area contributed by atoms with Gasteiger partial charge < -0.3 is 29.5 Å². The Labute approximate surface area is 408 Å². The predicted molar refractivity (Wildman–Crippen MR) is 238 cm³/mol. The van der Waals surface area contributed by atoms with Crippen molar-refractivity contribution in [2.75, 3.05) is 52.8 Å². The molecule has 66 heavy (non-hydrogen) atoms. The van der Waals surface area contributed by atoms with Crippen LogP contribution in [0.15, 0.2) is 104 Å². The molecule has 0 radical (unpaired) electrons. The molecule has 0 bridgehead atoms. The molecule has 0 aliphatic rings. The van der Waals surface area contributed by atoms with E-state index in [-0.39, 0.29) is 52.2 Å². The van der Waals surface area contributed by atoms with Crippen molar-refractivity contribution in [1.82, 2.24) is 59.8 Å². The van der Waals surface area contributed by atoms with Crippen molar-refractivity contribution >= 4 is 73.6 Å². The third-order valence-corrected chi connectivity index (χ3v) is 8.10. The summed E-state index contributed by atoms with van der Waals surface area (Å²) in [5, 5.41) is 33.6. The molecule has 6 heterocycles. The first-order valence-electron chi connectivity index (χ1n) is 18.1. The van der Waals surface area contributed by atoms with E-state index in [1.165, 1.54) is 21.3 Å². The van der Waals surface area contributed by atoms with Gasteiger partial charge in [-0.05, 0) is 42.8 Å². The normalized spacial score (nSPS) is 9.48. The van der Waals surface area contributed by atoms with E-state index in [4.69, 9.17) is 37.8 Å². The van der Waals surface area contributed by atoms with Crippen molar-refractivity contribution in [2.45, 2.75) is 6.92 Å². The predicted octanol–water partition coefficient (Wildman–Crippen LogP) is 2.73. The summed E-state index contributed by atoms with van der Waals surface area (Å²) in [6.45, 7) is 1.83. The first kappa shape index (κ1) is 54.9. The fraction of sp³-hybridized carbons (Fsp3) is 0.179. The Morgan fingerprint density at radius 1 is 0.606 bits per heavy atom. The summed E-state index contributed by atoms with van der Waals surface area (Å²) in [6, 6.07) is 16.4. The minimum absolute atomic E-state index is 0. The average Bonchev–Trinajstić information content (AvgIpc) is 3.35. The Bertz CT molecular complexity index is 2670. The van der Waals surface area contributed by atoms with E-state index in [1.54, 1.807) is 31.1 Å². The molecular formula is C39H39Cl2N16NaO8. The Balaban J connectivity index is 0.000000288. The number of rotatable bonds is 8. The van der Waals surface area contributed by atoms with Gasteiger partial charge in [0.05, 0.1) is 78.4 Å². The number of hydrogen-bond donors (Lipinski definition) is 1. The summed E-state index contributed by atoms with van der Waals surface area (Å²) < 4.78 is 14.3. The second-order valence-corrected chi connectivity index (χ2v) is 12.3. The molecule has 338 valence electrons. The number of halogens is 2. The number of para-hydroxylation sites is 2. The average molecular weight is 954 g/mol. The van der Waals surface area contributed by atoms with Crippen LogP contribution in [0.1, 0.15) is 5.82 Å².